The quantitative estimate of drug-likeness (QED) is 0.257. The predicted octanol–water partition coefficient (Wildman–Crippen LogP) is 6.18. The molecule has 11 heteroatoms. The van der Waals surface area contributed by atoms with E-state index < -0.39 is 39.5 Å². The molecule has 0 aromatic carbocycles. The minimum atomic E-state index is -3.56. The Kier molecular flexibility index (Phi) is 7.35. The normalized spacial score (nSPS) is 50.6. The first-order valence-electron chi connectivity index (χ1n) is 20.3. The third-order valence-electron chi connectivity index (χ3n) is 16.6. The van der Waals surface area contributed by atoms with E-state index in [4.69, 9.17) is 18.9 Å². The van der Waals surface area contributed by atoms with Gasteiger partial charge in [-0.05, 0) is 120 Å². The van der Waals surface area contributed by atoms with Crippen molar-refractivity contribution in [3.8, 4) is 0 Å². The molecule has 0 aromatic rings. The Bertz CT molecular complexity index is 1480. The summed E-state index contributed by atoms with van der Waals surface area (Å²) in [6, 6.07) is 0. The molecule has 1 spiro atoms. The first-order valence-corrected chi connectivity index (χ1v) is 20.3. The van der Waals surface area contributed by atoms with E-state index in [0.29, 0.717) is 88.1 Å². The van der Waals surface area contributed by atoms with Gasteiger partial charge in [-0.15, -0.1) is 0 Å². The number of hydrogen-bond acceptors (Lipinski definition) is 9. The fourth-order valence-electron chi connectivity index (χ4n) is 14.8. The number of carbonyl (C=O) groups excluding carboxylic acids is 5. The van der Waals surface area contributed by atoms with Gasteiger partial charge in [-0.25, -0.2) is 4.79 Å². The lowest BCUT2D eigenvalue weighted by atomic mass is 9.47. The van der Waals surface area contributed by atoms with Crippen molar-refractivity contribution in [1.29, 1.82) is 0 Å². The number of alkyl halides is 2. The fraction of sp³-hybridized carbons (Fsp3) is 0.878. The molecule has 12 bridgehead atoms. The average molecular weight is 727 g/mol. The summed E-state index contributed by atoms with van der Waals surface area (Å²) in [4.78, 5) is 66.4. The monoisotopic (exact) mass is 726 g/mol. The van der Waals surface area contributed by atoms with Crippen molar-refractivity contribution in [3.63, 3.8) is 0 Å². The third kappa shape index (κ3) is 5.05. The Balaban J connectivity index is 0.873. The van der Waals surface area contributed by atoms with Gasteiger partial charge < -0.3 is 18.9 Å². The van der Waals surface area contributed by atoms with Crippen LogP contribution in [0, 0.1) is 69.5 Å². The van der Waals surface area contributed by atoms with E-state index >= 15 is 0 Å². The van der Waals surface area contributed by atoms with Gasteiger partial charge in [-0.3, -0.25) is 19.2 Å². The Labute approximate surface area is 303 Å². The van der Waals surface area contributed by atoms with Crippen LogP contribution in [0.2, 0.25) is 0 Å². The van der Waals surface area contributed by atoms with Gasteiger partial charge in [0.25, 0.3) is 0 Å². The Hall–Kier alpha value is -2.27. The molecular weight excluding hydrogens is 674 g/mol. The largest absolute Gasteiger partial charge is 0.464 e. The third-order valence-corrected chi connectivity index (χ3v) is 16.6. The molecule has 1 heterocycles. The van der Waals surface area contributed by atoms with Crippen molar-refractivity contribution in [1.82, 2.24) is 0 Å². The zero-order valence-electron chi connectivity index (χ0n) is 30.3. The molecule has 0 radical (unpaired) electrons. The number of Topliss-reactive ketones (excluding diaryl/α,β-unsaturated/α-hetero) is 3. The molecule has 1 saturated heterocycles. The zero-order valence-corrected chi connectivity index (χ0v) is 30.3. The summed E-state index contributed by atoms with van der Waals surface area (Å²) in [6.07, 6.45) is 11.3. The Morgan fingerprint density at radius 3 is 1.75 bits per heavy atom. The van der Waals surface area contributed by atoms with Gasteiger partial charge in [0.05, 0.1) is 24.0 Å². The highest BCUT2D eigenvalue weighted by atomic mass is 19.3. The zero-order chi connectivity index (χ0) is 36.1. The van der Waals surface area contributed by atoms with Gasteiger partial charge in [-0.2, -0.15) is 8.78 Å². The van der Waals surface area contributed by atoms with E-state index in [0.717, 1.165) is 51.4 Å². The van der Waals surface area contributed by atoms with E-state index in [1.807, 2.05) is 0 Å². The smallest absolute Gasteiger partial charge is 0.377 e. The maximum atomic E-state index is 14.2. The summed E-state index contributed by atoms with van der Waals surface area (Å²) in [7, 11) is 0. The average Bonchev–Trinajstić information content (AvgIpc) is 3.09. The van der Waals surface area contributed by atoms with Crippen LogP contribution in [-0.2, 0) is 42.9 Å². The van der Waals surface area contributed by atoms with Crippen LogP contribution < -0.4 is 0 Å². The molecule has 13 aliphatic rings. The highest BCUT2D eigenvalue weighted by Gasteiger charge is 2.68. The first-order chi connectivity index (χ1) is 24.6. The molecule has 52 heavy (non-hydrogen) atoms. The van der Waals surface area contributed by atoms with Crippen molar-refractivity contribution < 1.29 is 51.7 Å². The van der Waals surface area contributed by atoms with Crippen molar-refractivity contribution in [2.75, 3.05) is 19.8 Å². The minimum absolute atomic E-state index is 0.00141. The molecule has 6 unspecified atom stereocenters. The van der Waals surface area contributed by atoms with Crippen LogP contribution >= 0.6 is 0 Å². The Morgan fingerprint density at radius 2 is 1.21 bits per heavy atom. The molecule has 13 rings (SSSR count). The van der Waals surface area contributed by atoms with Crippen LogP contribution in [0.25, 0.3) is 0 Å². The van der Waals surface area contributed by atoms with E-state index in [1.165, 1.54) is 0 Å². The molecule has 12 saturated carbocycles. The lowest BCUT2D eigenvalue weighted by Gasteiger charge is -2.65. The standard InChI is InChI=1S/C41H52F2O9/c1-36(42,43)34(47)52-40-12-24-8-29(17-40)41(30(9-24)18-40)50-20-37(21-51-41,3-2-31(44)38-10-22-4-25(13-38)32(45)26(5-22)14-38)19-49-35(48)39-11-23-6-27(15-39)33(46)28(7-23)16-39/h22-30H,2-21H2,1H3. The maximum Gasteiger partial charge on any atom is 0.377 e. The van der Waals surface area contributed by atoms with E-state index in [1.54, 1.807) is 0 Å². The molecule has 12 aliphatic carbocycles. The van der Waals surface area contributed by atoms with E-state index in [9.17, 15) is 32.8 Å². The minimum Gasteiger partial charge on any atom is -0.464 e. The van der Waals surface area contributed by atoms with Crippen LogP contribution in [-0.4, -0.2) is 66.4 Å². The summed E-state index contributed by atoms with van der Waals surface area (Å²) in [5.41, 5.74) is -2.79. The predicted molar refractivity (Wildman–Crippen MR) is 177 cm³/mol. The molecule has 9 nitrogen and oxygen atoms in total. The fourth-order valence-corrected chi connectivity index (χ4v) is 14.8. The second-order valence-electron chi connectivity index (χ2n) is 20.2. The highest BCUT2D eigenvalue weighted by Crippen LogP contribution is 2.65. The van der Waals surface area contributed by atoms with Gasteiger partial charge in [-0.1, -0.05) is 0 Å². The van der Waals surface area contributed by atoms with E-state index in [2.05, 4.69) is 0 Å². The summed E-state index contributed by atoms with van der Waals surface area (Å²) in [5.74, 6) is -4.68. The maximum absolute atomic E-state index is 14.2. The number of ketones is 3. The van der Waals surface area contributed by atoms with Crippen molar-refractivity contribution in [2.24, 2.45) is 69.5 Å². The summed E-state index contributed by atoms with van der Waals surface area (Å²) in [6.45, 7) is 1.08. The van der Waals surface area contributed by atoms with Crippen LogP contribution in [0.3, 0.4) is 0 Å². The summed E-state index contributed by atoms with van der Waals surface area (Å²) in [5, 5.41) is 0. The molecule has 0 aromatic heterocycles. The Morgan fingerprint density at radius 1 is 0.712 bits per heavy atom. The molecule has 6 atom stereocenters. The lowest BCUT2D eigenvalue weighted by molar-refractivity contribution is -0.395. The number of halogens is 2. The van der Waals surface area contributed by atoms with Crippen LogP contribution in [0.15, 0.2) is 0 Å². The second kappa shape index (κ2) is 11.2. The van der Waals surface area contributed by atoms with Crippen LogP contribution in [0.1, 0.15) is 116 Å². The van der Waals surface area contributed by atoms with Gasteiger partial charge in [0.15, 0.2) is 5.79 Å². The number of hydrogen-bond donors (Lipinski definition) is 0. The van der Waals surface area contributed by atoms with Gasteiger partial charge in [0.2, 0.25) is 0 Å². The summed E-state index contributed by atoms with van der Waals surface area (Å²) < 4.78 is 53.5. The number of carbonyl (C=O) groups is 5. The van der Waals surface area contributed by atoms with Crippen molar-refractivity contribution >= 4 is 29.3 Å². The molecule has 0 N–H and O–H groups in total. The molecule has 0 amide bonds. The molecule has 284 valence electrons. The van der Waals surface area contributed by atoms with Gasteiger partial charge in [0, 0.05) is 54.3 Å². The molecular formula is C41H52F2O9. The van der Waals surface area contributed by atoms with E-state index in [-0.39, 0.29) is 73.0 Å². The van der Waals surface area contributed by atoms with Crippen molar-refractivity contribution in [3.05, 3.63) is 0 Å². The number of esters is 2. The number of ether oxygens (including phenoxy) is 4. The van der Waals surface area contributed by atoms with Crippen LogP contribution in [0.4, 0.5) is 8.78 Å². The van der Waals surface area contributed by atoms with Gasteiger partial charge >= 0.3 is 17.9 Å². The lowest BCUT2D eigenvalue weighted by Crippen LogP contribution is -2.69. The van der Waals surface area contributed by atoms with Crippen molar-refractivity contribution in [2.45, 2.75) is 133 Å². The second-order valence-corrected chi connectivity index (χ2v) is 20.2. The molecule has 13 fully saturated rings. The SMILES string of the molecule is CC(F)(F)C(=O)OC12CC3CC(C1)C1(OCC(CCC(=O)C45CC6CC(C4)C(=O)C(C6)C5)(COC(=O)C45CC6CC(C4)C(=O)C(C6)C5)CO1)C(C3)C2. The first kappa shape index (κ1) is 34.2. The highest BCUT2D eigenvalue weighted by molar-refractivity contribution is 5.92. The summed E-state index contributed by atoms with van der Waals surface area (Å²) >= 11 is 0. The number of rotatable bonds is 9. The molecule has 1 aliphatic heterocycles. The van der Waals surface area contributed by atoms with Gasteiger partial charge in [0.1, 0.15) is 29.6 Å². The van der Waals surface area contributed by atoms with Crippen LogP contribution in [0.5, 0.6) is 0 Å². The topological polar surface area (TPSA) is 122 Å².